The minimum atomic E-state index is -0.0762. The lowest BCUT2D eigenvalue weighted by Gasteiger charge is -1.98. The van der Waals surface area contributed by atoms with Gasteiger partial charge in [-0.1, -0.05) is 17.7 Å². The minimum Gasteiger partial charge on any atom is -0.469 e. The maximum Gasteiger partial charge on any atom is 0.309 e. The van der Waals surface area contributed by atoms with Gasteiger partial charge in [-0.05, 0) is 25.2 Å². The molecule has 3 atom stereocenters. The van der Waals surface area contributed by atoms with Gasteiger partial charge in [0.05, 0.1) is 13.0 Å². The molecule has 0 bridgehead atoms. The van der Waals surface area contributed by atoms with Crippen LogP contribution in [0.15, 0.2) is 24.3 Å². The van der Waals surface area contributed by atoms with Crippen LogP contribution in [0, 0.1) is 17.8 Å². The van der Waals surface area contributed by atoms with Gasteiger partial charge in [0.15, 0.2) is 0 Å². The molecular formula is C12H16O2. The fraction of sp³-hybridized carbons (Fsp3) is 0.583. The Balaban J connectivity index is 2.06. The first-order chi connectivity index (χ1) is 6.79. The van der Waals surface area contributed by atoms with Crippen LogP contribution in [0.25, 0.3) is 0 Å². The first-order valence-electron chi connectivity index (χ1n) is 5.19. The first-order valence-corrected chi connectivity index (χ1v) is 5.19. The van der Waals surface area contributed by atoms with Crippen molar-refractivity contribution >= 4 is 5.97 Å². The van der Waals surface area contributed by atoms with Crippen molar-refractivity contribution in [3.63, 3.8) is 0 Å². The van der Waals surface area contributed by atoms with Crippen molar-refractivity contribution in [2.24, 2.45) is 17.8 Å². The van der Waals surface area contributed by atoms with Crippen LogP contribution in [0.3, 0.4) is 0 Å². The lowest BCUT2D eigenvalue weighted by Crippen LogP contribution is -2.05. The van der Waals surface area contributed by atoms with Crippen molar-refractivity contribution in [3.05, 3.63) is 24.3 Å². The van der Waals surface area contributed by atoms with Crippen LogP contribution in [-0.2, 0) is 9.53 Å². The smallest absolute Gasteiger partial charge is 0.309 e. The first kappa shape index (κ1) is 9.50. The number of hydrogen-bond donors (Lipinski definition) is 0. The molecule has 2 aliphatic carbocycles. The normalized spacial score (nSPS) is 34.9. The van der Waals surface area contributed by atoms with Crippen molar-refractivity contribution in [3.8, 4) is 0 Å². The van der Waals surface area contributed by atoms with Crippen molar-refractivity contribution in [2.45, 2.75) is 19.3 Å². The molecule has 0 N–H and O–H groups in total. The van der Waals surface area contributed by atoms with Crippen LogP contribution in [-0.4, -0.2) is 13.1 Å². The summed E-state index contributed by atoms with van der Waals surface area (Å²) in [6.45, 7) is 3.78. The van der Waals surface area contributed by atoms with Crippen LogP contribution in [0.4, 0.5) is 0 Å². The number of rotatable bonds is 3. The molecule has 0 amide bonds. The van der Waals surface area contributed by atoms with Gasteiger partial charge in [-0.2, -0.15) is 0 Å². The molecule has 0 radical (unpaired) electrons. The van der Waals surface area contributed by atoms with E-state index in [0.717, 1.165) is 6.42 Å². The highest BCUT2D eigenvalue weighted by Crippen LogP contribution is 2.54. The third-order valence-corrected chi connectivity index (χ3v) is 3.33. The fourth-order valence-electron chi connectivity index (χ4n) is 2.54. The van der Waals surface area contributed by atoms with E-state index >= 15 is 0 Å². The van der Waals surface area contributed by atoms with E-state index in [4.69, 9.17) is 4.74 Å². The second kappa shape index (κ2) is 3.60. The van der Waals surface area contributed by atoms with Crippen molar-refractivity contribution in [1.82, 2.24) is 0 Å². The SMILES string of the molecule is C=C[C@@H]1[C@H](C(=O)OC)[C@H]1C1=CCCC1. The summed E-state index contributed by atoms with van der Waals surface area (Å²) in [5.74, 6) is 0.712. The summed E-state index contributed by atoms with van der Waals surface area (Å²) in [5, 5.41) is 0. The molecule has 76 valence electrons. The van der Waals surface area contributed by atoms with Gasteiger partial charge in [0, 0.05) is 5.92 Å². The fourth-order valence-corrected chi connectivity index (χ4v) is 2.54. The van der Waals surface area contributed by atoms with E-state index in [1.165, 1.54) is 25.5 Å². The van der Waals surface area contributed by atoms with Gasteiger partial charge >= 0.3 is 5.97 Å². The molecule has 0 heterocycles. The lowest BCUT2D eigenvalue weighted by atomic mass is 10.1. The highest BCUT2D eigenvalue weighted by Gasteiger charge is 2.55. The van der Waals surface area contributed by atoms with Crippen LogP contribution < -0.4 is 0 Å². The van der Waals surface area contributed by atoms with Crippen LogP contribution in [0.1, 0.15) is 19.3 Å². The summed E-state index contributed by atoms with van der Waals surface area (Å²) in [6.07, 6.45) is 7.74. The third kappa shape index (κ3) is 1.39. The summed E-state index contributed by atoms with van der Waals surface area (Å²) >= 11 is 0. The molecule has 0 saturated heterocycles. The molecule has 2 aliphatic rings. The van der Waals surface area contributed by atoms with Gasteiger partial charge in [0.25, 0.3) is 0 Å². The molecule has 14 heavy (non-hydrogen) atoms. The largest absolute Gasteiger partial charge is 0.469 e. The summed E-state index contributed by atoms with van der Waals surface area (Å²) in [6, 6.07) is 0. The van der Waals surface area contributed by atoms with Gasteiger partial charge in [-0.15, -0.1) is 6.58 Å². The molecule has 2 nitrogen and oxygen atoms in total. The maximum absolute atomic E-state index is 11.4. The Kier molecular flexibility index (Phi) is 2.44. The molecule has 1 saturated carbocycles. The van der Waals surface area contributed by atoms with E-state index in [-0.39, 0.29) is 11.9 Å². The average Bonchev–Trinajstić information content (AvgIpc) is 2.69. The Bertz CT molecular complexity index is 291. The number of allylic oxidation sites excluding steroid dienone is 3. The van der Waals surface area contributed by atoms with Crippen LogP contribution in [0.2, 0.25) is 0 Å². The van der Waals surface area contributed by atoms with Crippen LogP contribution in [0.5, 0.6) is 0 Å². The van der Waals surface area contributed by atoms with E-state index in [9.17, 15) is 4.79 Å². The van der Waals surface area contributed by atoms with E-state index in [2.05, 4.69) is 12.7 Å². The van der Waals surface area contributed by atoms with Crippen LogP contribution >= 0.6 is 0 Å². The molecule has 0 aromatic heterocycles. The standard InChI is InChI=1S/C12H16O2/c1-3-9-10(8-6-4-5-7-8)11(9)12(13)14-2/h3,6,9-11H,1,4-5,7H2,2H3/t9-,10-,11-/m0/s1. The third-order valence-electron chi connectivity index (χ3n) is 3.33. The summed E-state index contributed by atoms with van der Waals surface area (Å²) in [4.78, 5) is 11.4. The number of ether oxygens (including phenoxy) is 1. The number of esters is 1. The van der Waals surface area contributed by atoms with E-state index < -0.39 is 0 Å². The molecule has 0 unspecified atom stereocenters. The second-order valence-electron chi connectivity index (χ2n) is 4.06. The van der Waals surface area contributed by atoms with Crippen molar-refractivity contribution in [1.29, 1.82) is 0 Å². The van der Waals surface area contributed by atoms with Gasteiger partial charge < -0.3 is 4.74 Å². The zero-order valence-corrected chi connectivity index (χ0v) is 8.53. The zero-order chi connectivity index (χ0) is 10.1. The van der Waals surface area contributed by atoms with Gasteiger partial charge in [0.2, 0.25) is 0 Å². The second-order valence-corrected chi connectivity index (χ2v) is 4.06. The molecule has 1 fully saturated rings. The molecule has 0 aromatic rings. The maximum atomic E-state index is 11.4. The summed E-state index contributed by atoms with van der Waals surface area (Å²) in [5.41, 5.74) is 1.45. The number of carbonyl (C=O) groups is 1. The van der Waals surface area contributed by atoms with E-state index in [1.807, 2.05) is 6.08 Å². The topological polar surface area (TPSA) is 26.3 Å². The van der Waals surface area contributed by atoms with Gasteiger partial charge in [-0.25, -0.2) is 0 Å². The quantitative estimate of drug-likeness (QED) is 0.506. The monoisotopic (exact) mass is 192 g/mol. The molecule has 2 heteroatoms. The van der Waals surface area contributed by atoms with Gasteiger partial charge in [-0.3, -0.25) is 4.79 Å². The molecule has 0 spiro atoms. The Morgan fingerprint density at radius 1 is 1.71 bits per heavy atom. The van der Waals surface area contributed by atoms with E-state index in [0.29, 0.717) is 11.8 Å². The Morgan fingerprint density at radius 2 is 2.50 bits per heavy atom. The Labute approximate surface area is 84.6 Å². The van der Waals surface area contributed by atoms with Crippen molar-refractivity contribution < 1.29 is 9.53 Å². The molecular weight excluding hydrogens is 176 g/mol. The average molecular weight is 192 g/mol. The van der Waals surface area contributed by atoms with E-state index in [1.54, 1.807) is 0 Å². The number of methoxy groups -OCH3 is 1. The predicted octanol–water partition coefficient (Wildman–Crippen LogP) is 2.32. The van der Waals surface area contributed by atoms with Gasteiger partial charge in [0.1, 0.15) is 0 Å². The lowest BCUT2D eigenvalue weighted by molar-refractivity contribution is -0.142. The minimum absolute atomic E-state index is 0.0573. The predicted molar refractivity (Wildman–Crippen MR) is 54.6 cm³/mol. The Morgan fingerprint density at radius 3 is 3.00 bits per heavy atom. The molecule has 0 aliphatic heterocycles. The summed E-state index contributed by atoms with van der Waals surface area (Å²) < 4.78 is 4.78. The zero-order valence-electron chi connectivity index (χ0n) is 8.53. The summed E-state index contributed by atoms with van der Waals surface area (Å²) in [7, 11) is 1.46. The number of hydrogen-bond acceptors (Lipinski definition) is 2. The highest BCUT2D eigenvalue weighted by atomic mass is 16.5. The molecule has 2 rings (SSSR count). The highest BCUT2D eigenvalue weighted by molar-refractivity contribution is 5.78. The van der Waals surface area contributed by atoms with Crippen molar-refractivity contribution in [2.75, 3.05) is 7.11 Å². The Hall–Kier alpha value is -1.05. The molecule has 0 aromatic carbocycles. The number of carbonyl (C=O) groups excluding carboxylic acids is 1.